The van der Waals surface area contributed by atoms with Crippen LogP contribution in [0.2, 0.25) is 0 Å². The fraction of sp³-hybridized carbons (Fsp3) is 0.0588. The van der Waals surface area contributed by atoms with E-state index in [4.69, 9.17) is 5.73 Å². The van der Waals surface area contributed by atoms with Crippen LogP contribution in [0.1, 0.15) is 10.4 Å². The second-order valence-electron chi connectivity index (χ2n) is 4.92. The van der Waals surface area contributed by atoms with Gasteiger partial charge in [0.1, 0.15) is 0 Å². The minimum absolute atomic E-state index is 0.340. The quantitative estimate of drug-likeness (QED) is 0.729. The maximum atomic E-state index is 11.3. The first-order chi connectivity index (χ1) is 10.5. The van der Waals surface area contributed by atoms with Crippen molar-refractivity contribution < 1.29 is 4.79 Å². The Morgan fingerprint density at radius 2 is 2.00 bits per heavy atom. The Hall–Kier alpha value is -2.11. The van der Waals surface area contributed by atoms with Gasteiger partial charge in [0.15, 0.2) is 0 Å². The maximum absolute atomic E-state index is 11.3. The number of fused-ring (bicyclic) bond motifs is 1. The van der Waals surface area contributed by atoms with E-state index < -0.39 is 5.91 Å². The number of pyridine rings is 1. The fourth-order valence-corrected chi connectivity index (χ4v) is 4.03. The third-order valence-electron chi connectivity index (χ3n) is 3.25. The van der Waals surface area contributed by atoms with E-state index in [-0.39, 0.29) is 0 Å². The normalized spacial score (nSPS) is 10.8. The molecule has 2 aromatic heterocycles. The number of carbonyl (C=O) groups excluding carboxylic acids is 1. The summed E-state index contributed by atoms with van der Waals surface area (Å²) in [6.07, 6.45) is 3.65. The van der Waals surface area contributed by atoms with Crippen molar-refractivity contribution >= 4 is 44.7 Å². The van der Waals surface area contributed by atoms with Gasteiger partial charge in [0.25, 0.3) is 0 Å². The van der Waals surface area contributed by atoms with Crippen molar-refractivity contribution in [3.63, 3.8) is 0 Å². The Balaban J connectivity index is 2.01. The molecule has 2 heterocycles. The zero-order chi connectivity index (χ0) is 15.7. The number of rotatable bonds is 4. The molecular formula is C17H14N2OS2. The monoisotopic (exact) mass is 326 g/mol. The van der Waals surface area contributed by atoms with Gasteiger partial charge < -0.3 is 5.73 Å². The first kappa shape index (κ1) is 14.8. The molecule has 5 heteroatoms. The van der Waals surface area contributed by atoms with Gasteiger partial charge in [-0.25, -0.2) is 0 Å². The van der Waals surface area contributed by atoms with Crippen LogP contribution in [0.15, 0.2) is 59.1 Å². The molecule has 3 nitrogen and oxygen atoms in total. The van der Waals surface area contributed by atoms with E-state index in [0.717, 1.165) is 24.8 Å². The first-order valence-electron chi connectivity index (χ1n) is 6.66. The number of thiophene rings is 1. The van der Waals surface area contributed by atoms with Crippen molar-refractivity contribution in [1.29, 1.82) is 0 Å². The van der Waals surface area contributed by atoms with E-state index >= 15 is 0 Å². The Morgan fingerprint density at radius 1 is 1.27 bits per heavy atom. The molecule has 3 rings (SSSR count). The van der Waals surface area contributed by atoms with Crippen LogP contribution in [0.4, 0.5) is 0 Å². The SMILES string of the molecule is C=C(C(N)=O)c1cc2c(Sc3ccc(C)cc3)cncc2s1. The standard InChI is InChI=1S/C17H14N2OS2/c1-10-3-5-12(6-4-10)21-15-8-19-9-16-13(15)7-14(22-16)11(2)17(18)20/h3-9H,2H2,1H3,(H2,18,20). The summed E-state index contributed by atoms with van der Waals surface area (Å²) in [5, 5.41) is 1.07. The van der Waals surface area contributed by atoms with Crippen LogP contribution in [0.3, 0.4) is 0 Å². The van der Waals surface area contributed by atoms with Gasteiger partial charge in [0.2, 0.25) is 5.91 Å². The summed E-state index contributed by atoms with van der Waals surface area (Å²) in [5.74, 6) is -0.493. The Morgan fingerprint density at radius 3 is 2.68 bits per heavy atom. The molecule has 0 aliphatic carbocycles. The highest BCUT2D eigenvalue weighted by molar-refractivity contribution is 7.99. The summed E-state index contributed by atoms with van der Waals surface area (Å²) >= 11 is 3.14. The highest BCUT2D eigenvalue weighted by atomic mass is 32.2. The molecular weight excluding hydrogens is 312 g/mol. The third kappa shape index (κ3) is 2.91. The van der Waals surface area contributed by atoms with E-state index in [1.54, 1.807) is 18.0 Å². The molecule has 0 saturated heterocycles. The lowest BCUT2D eigenvalue weighted by molar-refractivity contribution is -0.112. The van der Waals surface area contributed by atoms with Crippen molar-refractivity contribution in [2.24, 2.45) is 5.73 Å². The zero-order valence-electron chi connectivity index (χ0n) is 12.0. The molecule has 0 fully saturated rings. The molecule has 0 atom stereocenters. The highest BCUT2D eigenvalue weighted by Gasteiger charge is 2.12. The maximum Gasteiger partial charge on any atom is 0.249 e. The molecule has 0 spiro atoms. The van der Waals surface area contributed by atoms with Gasteiger partial charge in [-0.2, -0.15) is 0 Å². The number of nitrogens with zero attached hydrogens (tertiary/aromatic N) is 1. The topological polar surface area (TPSA) is 56.0 Å². The second-order valence-corrected chi connectivity index (χ2v) is 7.12. The van der Waals surface area contributed by atoms with E-state index in [9.17, 15) is 4.79 Å². The molecule has 0 aliphatic rings. The minimum atomic E-state index is -0.493. The number of nitrogens with two attached hydrogens (primary N) is 1. The van der Waals surface area contributed by atoms with Crippen molar-refractivity contribution in [2.75, 3.05) is 0 Å². The van der Waals surface area contributed by atoms with Gasteiger partial charge in [0.05, 0.1) is 4.70 Å². The van der Waals surface area contributed by atoms with Gasteiger partial charge in [-0.1, -0.05) is 36.0 Å². The molecule has 1 amide bonds. The number of carbonyl (C=O) groups is 1. The van der Waals surface area contributed by atoms with E-state index in [0.29, 0.717) is 5.57 Å². The molecule has 0 unspecified atom stereocenters. The largest absolute Gasteiger partial charge is 0.366 e. The van der Waals surface area contributed by atoms with Gasteiger partial charge in [0, 0.05) is 38.0 Å². The zero-order valence-corrected chi connectivity index (χ0v) is 13.6. The third-order valence-corrected chi connectivity index (χ3v) is 5.44. The number of aromatic nitrogens is 1. The van der Waals surface area contributed by atoms with Gasteiger partial charge >= 0.3 is 0 Å². The van der Waals surface area contributed by atoms with Crippen LogP contribution in [0.25, 0.3) is 15.7 Å². The van der Waals surface area contributed by atoms with Gasteiger partial charge in [-0.3, -0.25) is 9.78 Å². The lowest BCUT2D eigenvalue weighted by atomic mass is 10.2. The summed E-state index contributed by atoms with van der Waals surface area (Å²) in [7, 11) is 0. The summed E-state index contributed by atoms with van der Waals surface area (Å²) in [4.78, 5) is 18.6. The van der Waals surface area contributed by atoms with Crippen LogP contribution >= 0.6 is 23.1 Å². The number of hydrogen-bond acceptors (Lipinski definition) is 4. The molecule has 110 valence electrons. The summed E-state index contributed by atoms with van der Waals surface area (Å²) in [6.45, 7) is 5.82. The van der Waals surface area contributed by atoms with E-state index in [1.165, 1.54) is 16.9 Å². The number of benzene rings is 1. The predicted molar refractivity (Wildman–Crippen MR) is 93.2 cm³/mol. The molecule has 0 bridgehead atoms. The number of amides is 1. The van der Waals surface area contributed by atoms with Crippen LogP contribution in [-0.2, 0) is 4.79 Å². The number of aryl methyl sites for hydroxylation is 1. The predicted octanol–water partition coefficient (Wildman–Crippen LogP) is 4.25. The van der Waals surface area contributed by atoms with Gasteiger partial charge in [-0.05, 0) is 25.1 Å². The summed E-state index contributed by atoms with van der Waals surface area (Å²) in [5.41, 5.74) is 6.89. The lowest BCUT2D eigenvalue weighted by Crippen LogP contribution is -2.10. The van der Waals surface area contributed by atoms with E-state index in [1.807, 2.05) is 12.3 Å². The van der Waals surface area contributed by atoms with Crippen molar-refractivity contribution in [1.82, 2.24) is 4.98 Å². The average molecular weight is 326 g/mol. The minimum Gasteiger partial charge on any atom is -0.366 e. The Labute approximate surface area is 136 Å². The van der Waals surface area contributed by atoms with Crippen LogP contribution in [0, 0.1) is 6.92 Å². The van der Waals surface area contributed by atoms with E-state index in [2.05, 4.69) is 42.8 Å². The molecule has 22 heavy (non-hydrogen) atoms. The molecule has 0 radical (unpaired) electrons. The average Bonchev–Trinajstić information content (AvgIpc) is 2.93. The smallest absolute Gasteiger partial charge is 0.249 e. The van der Waals surface area contributed by atoms with Gasteiger partial charge in [-0.15, -0.1) is 11.3 Å². The van der Waals surface area contributed by atoms with Crippen LogP contribution < -0.4 is 5.73 Å². The first-order valence-corrected chi connectivity index (χ1v) is 8.29. The van der Waals surface area contributed by atoms with Crippen molar-refractivity contribution in [3.8, 4) is 0 Å². The molecule has 2 N–H and O–H groups in total. The second kappa shape index (κ2) is 5.94. The Bertz CT molecular complexity index is 866. The number of primary amides is 1. The lowest BCUT2D eigenvalue weighted by Gasteiger charge is -2.03. The molecule has 1 aromatic carbocycles. The van der Waals surface area contributed by atoms with Crippen LogP contribution in [-0.4, -0.2) is 10.9 Å². The van der Waals surface area contributed by atoms with Crippen LogP contribution in [0.5, 0.6) is 0 Å². The Kier molecular flexibility index (Phi) is 4.00. The summed E-state index contributed by atoms with van der Waals surface area (Å²) < 4.78 is 1.02. The molecule has 0 aliphatic heterocycles. The highest BCUT2D eigenvalue weighted by Crippen LogP contribution is 2.38. The molecule has 0 saturated carbocycles. The number of hydrogen-bond donors (Lipinski definition) is 1. The fourth-order valence-electron chi connectivity index (χ4n) is 2.02. The van der Waals surface area contributed by atoms with Crippen molar-refractivity contribution in [2.45, 2.75) is 16.7 Å². The summed E-state index contributed by atoms with van der Waals surface area (Å²) in [6, 6.07) is 10.3. The van der Waals surface area contributed by atoms with Crippen molar-refractivity contribution in [3.05, 3.63) is 59.7 Å². The molecule has 3 aromatic rings.